The van der Waals surface area contributed by atoms with Crippen LogP contribution in [0.2, 0.25) is 0 Å². The summed E-state index contributed by atoms with van der Waals surface area (Å²) < 4.78 is 5.39. The Morgan fingerprint density at radius 3 is 2.24 bits per heavy atom. The molecule has 2 aromatic carbocycles. The second-order valence-corrected chi connectivity index (χ2v) is 4.78. The summed E-state index contributed by atoms with van der Waals surface area (Å²) >= 11 is 0. The van der Waals surface area contributed by atoms with Crippen LogP contribution in [0, 0.1) is 0 Å². The van der Waals surface area contributed by atoms with E-state index < -0.39 is 12.1 Å². The third kappa shape index (κ3) is 5.05. The second-order valence-electron chi connectivity index (χ2n) is 4.78. The fourth-order valence-electron chi connectivity index (χ4n) is 2.16. The number of nitrogens with two attached hydrogens (primary N) is 1. The highest BCUT2D eigenvalue weighted by atomic mass is 35.5. The lowest BCUT2D eigenvalue weighted by molar-refractivity contribution is 0.145. The van der Waals surface area contributed by atoms with E-state index in [9.17, 15) is 5.11 Å². The lowest BCUT2D eigenvalue weighted by Crippen LogP contribution is -2.28. The van der Waals surface area contributed by atoms with Crippen molar-refractivity contribution in [3.63, 3.8) is 0 Å². The van der Waals surface area contributed by atoms with Gasteiger partial charge in [-0.05, 0) is 30.2 Å². The Morgan fingerprint density at radius 2 is 1.67 bits per heavy atom. The molecule has 0 aliphatic carbocycles. The number of hydrogen-bond donors (Lipinski definition) is 2. The minimum absolute atomic E-state index is 0. The van der Waals surface area contributed by atoms with Crippen LogP contribution < -0.4 is 10.5 Å². The third-order valence-corrected chi connectivity index (χ3v) is 3.28. The van der Waals surface area contributed by atoms with E-state index in [1.165, 1.54) is 0 Å². The monoisotopic (exact) mass is 307 g/mol. The molecule has 0 saturated heterocycles. The van der Waals surface area contributed by atoms with Crippen molar-refractivity contribution < 1.29 is 9.84 Å². The maximum Gasteiger partial charge on any atom is 0.119 e. The van der Waals surface area contributed by atoms with Crippen LogP contribution in [0.1, 0.15) is 24.1 Å². The van der Waals surface area contributed by atoms with Gasteiger partial charge in [0.2, 0.25) is 0 Å². The number of halogens is 1. The molecule has 0 aromatic heterocycles. The average molecular weight is 308 g/mol. The van der Waals surface area contributed by atoms with Crippen LogP contribution in [0.25, 0.3) is 0 Å². The number of aliphatic hydroxyl groups is 1. The highest BCUT2D eigenvalue weighted by molar-refractivity contribution is 5.85. The first-order chi connectivity index (χ1) is 9.70. The third-order valence-electron chi connectivity index (χ3n) is 3.28. The van der Waals surface area contributed by atoms with Crippen molar-refractivity contribution in [2.45, 2.75) is 25.5 Å². The molecular formula is C17H22ClNO2. The normalized spacial score (nSPS) is 13.1. The van der Waals surface area contributed by atoms with E-state index in [2.05, 4.69) is 0 Å². The topological polar surface area (TPSA) is 55.5 Å². The zero-order valence-electron chi connectivity index (χ0n) is 12.1. The highest BCUT2D eigenvalue weighted by Gasteiger charge is 2.17. The summed E-state index contributed by atoms with van der Waals surface area (Å²) in [5.74, 6) is 0.820. The zero-order chi connectivity index (χ0) is 14.4. The molecule has 0 radical (unpaired) electrons. The van der Waals surface area contributed by atoms with Crippen molar-refractivity contribution in [2.24, 2.45) is 5.73 Å². The van der Waals surface area contributed by atoms with Gasteiger partial charge in [0.05, 0.1) is 18.8 Å². The molecule has 0 saturated carbocycles. The van der Waals surface area contributed by atoms with Gasteiger partial charge in [-0.15, -0.1) is 12.4 Å². The lowest BCUT2D eigenvalue weighted by Gasteiger charge is -2.19. The van der Waals surface area contributed by atoms with Crippen molar-refractivity contribution in [3.8, 4) is 5.75 Å². The first-order valence-electron chi connectivity index (χ1n) is 6.91. The smallest absolute Gasteiger partial charge is 0.119 e. The molecular weight excluding hydrogens is 286 g/mol. The zero-order valence-corrected chi connectivity index (χ0v) is 12.9. The minimum Gasteiger partial charge on any atom is -0.494 e. The van der Waals surface area contributed by atoms with Gasteiger partial charge in [-0.3, -0.25) is 0 Å². The Labute approximate surface area is 132 Å². The molecule has 114 valence electrons. The van der Waals surface area contributed by atoms with Crippen LogP contribution in [-0.4, -0.2) is 17.8 Å². The molecule has 0 bridgehead atoms. The number of aliphatic hydroxyl groups excluding tert-OH is 1. The Balaban J connectivity index is 0.00000220. The van der Waals surface area contributed by atoms with Gasteiger partial charge in [0.15, 0.2) is 0 Å². The van der Waals surface area contributed by atoms with Crippen LogP contribution in [0.3, 0.4) is 0 Å². The van der Waals surface area contributed by atoms with Gasteiger partial charge in [-0.1, -0.05) is 42.5 Å². The van der Waals surface area contributed by atoms with E-state index in [4.69, 9.17) is 10.5 Å². The first kappa shape index (κ1) is 17.5. The fraction of sp³-hybridized carbons (Fsp3) is 0.294. The Bertz CT molecular complexity index is 516. The largest absolute Gasteiger partial charge is 0.494 e. The van der Waals surface area contributed by atoms with E-state index in [-0.39, 0.29) is 12.4 Å². The predicted octanol–water partition coefficient (Wildman–Crippen LogP) is 3.11. The van der Waals surface area contributed by atoms with Gasteiger partial charge in [-0.2, -0.15) is 0 Å². The molecule has 3 nitrogen and oxygen atoms in total. The molecule has 0 spiro atoms. The summed E-state index contributed by atoms with van der Waals surface area (Å²) in [6.07, 6.45) is -0.0507. The van der Waals surface area contributed by atoms with Crippen molar-refractivity contribution in [2.75, 3.05) is 6.61 Å². The molecule has 4 heteroatoms. The Hall–Kier alpha value is -1.55. The molecule has 0 aliphatic heterocycles. The highest BCUT2D eigenvalue weighted by Crippen LogP contribution is 2.20. The molecule has 0 heterocycles. The van der Waals surface area contributed by atoms with Gasteiger partial charge < -0.3 is 15.6 Å². The van der Waals surface area contributed by atoms with Crippen molar-refractivity contribution in [1.82, 2.24) is 0 Å². The number of rotatable bonds is 6. The maximum atomic E-state index is 10.2. The fourth-order valence-corrected chi connectivity index (χ4v) is 2.16. The van der Waals surface area contributed by atoms with Gasteiger partial charge in [0, 0.05) is 6.42 Å². The Morgan fingerprint density at radius 1 is 1.05 bits per heavy atom. The molecule has 0 amide bonds. The summed E-state index contributed by atoms with van der Waals surface area (Å²) in [6, 6.07) is 17.1. The van der Waals surface area contributed by atoms with E-state index in [1.807, 2.05) is 61.5 Å². The lowest BCUT2D eigenvalue weighted by atomic mass is 9.97. The summed E-state index contributed by atoms with van der Waals surface area (Å²) in [4.78, 5) is 0. The van der Waals surface area contributed by atoms with Crippen LogP contribution in [0.5, 0.6) is 5.75 Å². The number of ether oxygens (including phenoxy) is 1. The summed E-state index contributed by atoms with van der Waals surface area (Å²) in [5.41, 5.74) is 8.12. The van der Waals surface area contributed by atoms with E-state index in [0.717, 1.165) is 16.9 Å². The second kappa shape index (κ2) is 8.67. The van der Waals surface area contributed by atoms with Crippen LogP contribution in [0.15, 0.2) is 54.6 Å². The average Bonchev–Trinajstić information content (AvgIpc) is 2.48. The quantitative estimate of drug-likeness (QED) is 0.862. The molecule has 0 fully saturated rings. The molecule has 2 atom stereocenters. The van der Waals surface area contributed by atoms with E-state index in [0.29, 0.717) is 13.0 Å². The molecule has 21 heavy (non-hydrogen) atoms. The van der Waals surface area contributed by atoms with E-state index >= 15 is 0 Å². The van der Waals surface area contributed by atoms with Gasteiger partial charge in [0.25, 0.3) is 0 Å². The van der Waals surface area contributed by atoms with Crippen LogP contribution in [0.4, 0.5) is 0 Å². The summed E-state index contributed by atoms with van der Waals surface area (Å²) in [5, 5.41) is 10.2. The van der Waals surface area contributed by atoms with Gasteiger partial charge in [-0.25, -0.2) is 0 Å². The van der Waals surface area contributed by atoms with Crippen LogP contribution in [-0.2, 0) is 6.42 Å². The minimum atomic E-state index is -0.602. The van der Waals surface area contributed by atoms with Crippen LogP contribution >= 0.6 is 12.4 Å². The van der Waals surface area contributed by atoms with Gasteiger partial charge >= 0.3 is 0 Å². The maximum absolute atomic E-state index is 10.2. The molecule has 2 aromatic rings. The SMILES string of the molecule is CCOc1ccc([C@@H](N)[C@@H](O)Cc2ccccc2)cc1.Cl. The van der Waals surface area contributed by atoms with Crippen molar-refractivity contribution >= 4 is 12.4 Å². The standard InChI is InChI=1S/C17H21NO2.ClH/c1-2-20-15-10-8-14(9-11-15)17(18)16(19)12-13-6-4-3-5-7-13;/h3-11,16-17,19H,2,12,18H2,1H3;1H/t16-,17+;/m0./s1. The number of hydrogen-bond acceptors (Lipinski definition) is 3. The number of benzene rings is 2. The molecule has 3 N–H and O–H groups in total. The van der Waals surface area contributed by atoms with Crippen molar-refractivity contribution in [3.05, 3.63) is 65.7 Å². The first-order valence-corrected chi connectivity index (χ1v) is 6.91. The van der Waals surface area contributed by atoms with Gasteiger partial charge in [0.1, 0.15) is 5.75 Å². The van der Waals surface area contributed by atoms with E-state index in [1.54, 1.807) is 0 Å². The molecule has 2 rings (SSSR count). The predicted molar refractivity (Wildman–Crippen MR) is 87.9 cm³/mol. The molecule has 0 unspecified atom stereocenters. The summed E-state index contributed by atoms with van der Waals surface area (Å²) in [6.45, 7) is 2.59. The molecule has 0 aliphatic rings. The van der Waals surface area contributed by atoms with Crippen molar-refractivity contribution in [1.29, 1.82) is 0 Å². The summed E-state index contributed by atoms with van der Waals surface area (Å²) in [7, 11) is 0. The Kier molecular flexibility index (Phi) is 7.23.